The monoisotopic (exact) mass is 400 g/mol. The minimum atomic E-state index is -0.0216. The Morgan fingerprint density at radius 2 is 2.00 bits per heavy atom. The van der Waals surface area contributed by atoms with Gasteiger partial charge in [-0.15, -0.1) is 0 Å². The third-order valence-electron chi connectivity index (χ3n) is 5.87. The summed E-state index contributed by atoms with van der Waals surface area (Å²) in [5, 5.41) is 13.5. The molecule has 3 heterocycles. The summed E-state index contributed by atoms with van der Waals surface area (Å²) in [5.41, 5.74) is 3.14. The van der Waals surface area contributed by atoms with Crippen LogP contribution in [-0.2, 0) is 22.4 Å². The zero-order chi connectivity index (χ0) is 19.3. The average Bonchev–Trinajstić information content (AvgIpc) is 3.44. The third-order valence-corrected chi connectivity index (χ3v) is 6.84. The summed E-state index contributed by atoms with van der Waals surface area (Å²) < 4.78 is 5.56. The lowest BCUT2D eigenvalue weighted by Gasteiger charge is -2.27. The number of pyridine rings is 1. The third kappa shape index (κ3) is 4.28. The first kappa shape index (κ1) is 19.5. The molecule has 2 aliphatic heterocycles. The molecule has 4 rings (SSSR count). The van der Waals surface area contributed by atoms with Crippen molar-refractivity contribution in [3.63, 3.8) is 0 Å². The van der Waals surface area contributed by atoms with Gasteiger partial charge in [0, 0.05) is 26.2 Å². The molecular formula is C21H28N4O2S. The van der Waals surface area contributed by atoms with Gasteiger partial charge in [-0.05, 0) is 62.5 Å². The Balaban J connectivity index is 1.49. The SMILES string of the molecule is N#Cc1c(SCC(=O)NC[C@@H]2CCCO2)nc(N2CCCC2)c2c1CCCC2. The van der Waals surface area contributed by atoms with Crippen LogP contribution in [0.1, 0.15) is 55.2 Å². The first-order chi connectivity index (χ1) is 13.8. The van der Waals surface area contributed by atoms with Gasteiger partial charge in [-0.1, -0.05) is 11.8 Å². The number of nitrogens with one attached hydrogen (secondary N) is 1. The highest BCUT2D eigenvalue weighted by Gasteiger charge is 2.26. The first-order valence-electron chi connectivity index (χ1n) is 10.5. The number of hydrogen-bond acceptors (Lipinski definition) is 6. The van der Waals surface area contributed by atoms with Gasteiger partial charge in [0.25, 0.3) is 0 Å². The van der Waals surface area contributed by atoms with E-state index in [1.165, 1.54) is 42.2 Å². The number of amides is 1. The van der Waals surface area contributed by atoms with E-state index in [0.717, 1.165) is 62.6 Å². The highest BCUT2D eigenvalue weighted by molar-refractivity contribution is 8.00. The van der Waals surface area contributed by atoms with Gasteiger partial charge in [-0.25, -0.2) is 4.98 Å². The van der Waals surface area contributed by atoms with Crippen molar-refractivity contribution in [1.29, 1.82) is 5.26 Å². The van der Waals surface area contributed by atoms with Crippen LogP contribution in [0.4, 0.5) is 5.82 Å². The van der Waals surface area contributed by atoms with Crippen LogP contribution in [0.5, 0.6) is 0 Å². The minimum Gasteiger partial charge on any atom is -0.376 e. The molecule has 0 radical (unpaired) electrons. The normalized spacial score (nSPS) is 21.4. The van der Waals surface area contributed by atoms with E-state index in [0.29, 0.717) is 12.1 Å². The Morgan fingerprint density at radius 3 is 2.71 bits per heavy atom. The topological polar surface area (TPSA) is 78.2 Å². The summed E-state index contributed by atoms with van der Waals surface area (Å²) in [6.07, 6.45) is 8.87. The number of nitriles is 1. The molecule has 0 unspecified atom stereocenters. The maximum atomic E-state index is 12.3. The Morgan fingerprint density at radius 1 is 1.21 bits per heavy atom. The summed E-state index contributed by atoms with van der Waals surface area (Å²) in [6.45, 7) is 3.44. The van der Waals surface area contributed by atoms with Crippen LogP contribution >= 0.6 is 11.8 Å². The maximum absolute atomic E-state index is 12.3. The Hall–Kier alpha value is -1.78. The molecule has 1 aromatic rings. The van der Waals surface area contributed by atoms with Crippen LogP contribution in [0.2, 0.25) is 0 Å². The average molecular weight is 401 g/mol. The van der Waals surface area contributed by atoms with E-state index < -0.39 is 0 Å². The van der Waals surface area contributed by atoms with Crippen molar-refractivity contribution >= 4 is 23.5 Å². The van der Waals surface area contributed by atoms with Crippen LogP contribution in [-0.4, -0.2) is 49.0 Å². The predicted molar refractivity (Wildman–Crippen MR) is 110 cm³/mol. The number of carbonyl (C=O) groups excluding carboxylic acids is 1. The molecule has 150 valence electrons. The minimum absolute atomic E-state index is 0.0216. The standard InChI is InChI=1S/C21H28N4O2S/c22-12-18-16-7-1-2-8-17(16)20(25-9-3-4-10-25)24-21(18)28-14-19(26)23-13-15-6-5-11-27-15/h15H,1-11,13-14H2,(H,23,26)/t15-/m0/s1. The molecule has 1 N–H and O–H groups in total. The number of carbonyl (C=O) groups is 1. The van der Waals surface area contributed by atoms with Gasteiger partial charge in [0.15, 0.2) is 0 Å². The highest BCUT2D eigenvalue weighted by Crippen LogP contribution is 2.37. The van der Waals surface area contributed by atoms with Crippen molar-refractivity contribution in [2.24, 2.45) is 0 Å². The van der Waals surface area contributed by atoms with E-state index in [-0.39, 0.29) is 17.8 Å². The number of anilines is 1. The number of thioether (sulfide) groups is 1. The van der Waals surface area contributed by atoms with Crippen molar-refractivity contribution in [3.05, 3.63) is 16.7 Å². The van der Waals surface area contributed by atoms with Gasteiger partial charge in [0.1, 0.15) is 16.9 Å². The highest BCUT2D eigenvalue weighted by atomic mass is 32.2. The number of aromatic nitrogens is 1. The van der Waals surface area contributed by atoms with Crippen LogP contribution in [0.3, 0.4) is 0 Å². The Bertz CT molecular complexity index is 765. The van der Waals surface area contributed by atoms with Crippen LogP contribution in [0.15, 0.2) is 5.03 Å². The zero-order valence-corrected chi connectivity index (χ0v) is 17.2. The molecule has 3 aliphatic rings. The van der Waals surface area contributed by atoms with Gasteiger partial charge < -0.3 is 15.0 Å². The molecular weight excluding hydrogens is 372 g/mol. The largest absolute Gasteiger partial charge is 0.376 e. The van der Waals surface area contributed by atoms with Crippen LogP contribution in [0, 0.1) is 11.3 Å². The lowest BCUT2D eigenvalue weighted by atomic mass is 9.89. The summed E-state index contributed by atoms with van der Waals surface area (Å²) >= 11 is 1.39. The molecule has 7 heteroatoms. The lowest BCUT2D eigenvalue weighted by Crippen LogP contribution is -2.33. The molecule has 0 saturated carbocycles. The van der Waals surface area contributed by atoms with Crippen molar-refractivity contribution < 1.29 is 9.53 Å². The maximum Gasteiger partial charge on any atom is 0.230 e. The van der Waals surface area contributed by atoms with Crippen LogP contribution < -0.4 is 10.2 Å². The second-order valence-corrected chi connectivity index (χ2v) is 8.78. The van der Waals surface area contributed by atoms with E-state index >= 15 is 0 Å². The molecule has 6 nitrogen and oxygen atoms in total. The van der Waals surface area contributed by atoms with Gasteiger partial charge in [-0.2, -0.15) is 5.26 Å². The molecule has 2 saturated heterocycles. The molecule has 0 bridgehead atoms. The van der Waals surface area contributed by atoms with Crippen molar-refractivity contribution in [2.75, 3.05) is 36.9 Å². The summed E-state index contributed by atoms with van der Waals surface area (Å²) in [4.78, 5) is 19.6. The molecule has 1 atom stereocenters. The van der Waals surface area contributed by atoms with E-state index in [2.05, 4.69) is 16.3 Å². The van der Waals surface area contributed by atoms with Crippen LogP contribution in [0.25, 0.3) is 0 Å². The smallest absolute Gasteiger partial charge is 0.230 e. The fourth-order valence-electron chi connectivity index (χ4n) is 4.40. The van der Waals surface area contributed by atoms with Gasteiger partial charge in [-0.3, -0.25) is 4.79 Å². The number of nitrogens with zero attached hydrogens (tertiary/aromatic N) is 3. The number of hydrogen-bond donors (Lipinski definition) is 1. The second-order valence-electron chi connectivity index (χ2n) is 7.81. The quantitative estimate of drug-likeness (QED) is 0.740. The summed E-state index contributed by atoms with van der Waals surface area (Å²) in [7, 11) is 0. The Labute approximate surface area is 171 Å². The summed E-state index contributed by atoms with van der Waals surface area (Å²) in [5.74, 6) is 1.33. The molecule has 0 aromatic carbocycles. The molecule has 2 fully saturated rings. The van der Waals surface area contributed by atoms with Crippen molar-refractivity contribution in [3.8, 4) is 6.07 Å². The number of rotatable bonds is 6. The Kier molecular flexibility index (Phi) is 6.38. The summed E-state index contributed by atoms with van der Waals surface area (Å²) in [6, 6.07) is 2.39. The van der Waals surface area contributed by atoms with Gasteiger partial charge in [0.05, 0.1) is 17.4 Å². The number of fused-ring (bicyclic) bond motifs is 1. The zero-order valence-electron chi connectivity index (χ0n) is 16.3. The molecule has 1 aliphatic carbocycles. The predicted octanol–water partition coefficient (Wildman–Crippen LogP) is 2.82. The lowest BCUT2D eigenvalue weighted by molar-refractivity contribution is -0.119. The van der Waals surface area contributed by atoms with E-state index in [9.17, 15) is 10.1 Å². The fourth-order valence-corrected chi connectivity index (χ4v) is 5.24. The molecule has 0 spiro atoms. The van der Waals surface area contributed by atoms with E-state index in [1.54, 1.807) is 0 Å². The molecule has 1 aromatic heterocycles. The van der Waals surface area contributed by atoms with Crippen molar-refractivity contribution in [2.45, 2.75) is 62.5 Å². The fraction of sp³-hybridized carbons (Fsp3) is 0.667. The second kappa shape index (κ2) is 9.15. The van der Waals surface area contributed by atoms with E-state index in [4.69, 9.17) is 9.72 Å². The molecule has 28 heavy (non-hydrogen) atoms. The van der Waals surface area contributed by atoms with Gasteiger partial charge >= 0.3 is 0 Å². The van der Waals surface area contributed by atoms with E-state index in [1.807, 2.05) is 0 Å². The molecule has 1 amide bonds. The van der Waals surface area contributed by atoms with Crippen molar-refractivity contribution in [1.82, 2.24) is 10.3 Å². The van der Waals surface area contributed by atoms with Gasteiger partial charge in [0.2, 0.25) is 5.91 Å². The first-order valence-corrected chi connectivity index (χ1v) is 11.5. The number of ether oxygens (including phenoxy) is 1.